The van der Waals surface area contributed by atoms with Crippen molar-refractivity contribution < 1.29 is 18.8 Å². The molecule has 0 bridgehead atoms. The second-order valence-electron chi connectivity index (χ2n) is 5.43. The van der Waals surface area contributed by atoms with Gasteiger partial charge in [-0.2, -0.15) is 4.98 Å². The van der Waals surface area contributed by atoms with Crippen LogP contribution in [0.4, 0.5) is 4.39 Å². The van der Waals surface area contributed by atoms with E-state index in [0.717, 1.165) is 5.56 Å². The zero-order valence-electron chi connectivity index (χ0n) is 12.3. The summed E-state index contributed by atoms with van der Waals surface area (Å²) in [4.78, 5) is 6.25. The highest BCUT2D eigenvalue weighted by Gasteiger charge is 2.33. The number of nitrogens with zero attached hydrogens (tertiary/aromatic N) is 3. The van der Waals surface area contributed by atoms with Crippen molar-refractivity contribution in [3.05, 3.63) is 47.4 Å². The van der Waals surface area contributed by atoms with E-state index in [1.165, 1.54) is 12.1 Å². The fourth-order valence-electron chi connectivity index (χ4n) is 2.83. The van der Waals surface area contributed by atoms with Crippen molar-refractivity contribution in [3.63, 3.8) is 0 Å². The summed E-state index contributed by atoms with van der Waals surface area (Å²) in [6.07, 6.45) is 0.109. The van der Waals surface area contributed by atoms with Crippen LogP contribution in [0.5, 0.6) is 0 Å². The smallest absolute Gasteiger partial charge is 0.240 e. The summed E-state index contributed by atoms with van der Waals surface area (Å²) >= 11 is 0. The van der Waals surface area contributed by atoms with Crippen LogP contribution in [0.25, 0.3) is 0 Å². The minimum Gasteiger partial charge on any atom is -0.392 e. The van der Waals surface area contributed by atoms with Crippen LogP contribution in [0.15, 0.2) is 28.8 Å². The Labute approximate surface area is 127 Å². The van der Waals surface area contributed by atoms with Crippen LogP contribution in [0.2, 0.25) is 0 Å². The van der Waals surface area contributed by atoms with E-state index in [9.17, 15) is 9.50 Å². The maximum absolute atomic E-state index is 13.4. The van der Waals surface area contributed by atoms with Crippen LogP contribution in [0.1, 0.15) is 29.7 Å². The zero-order chi connectivity index (χ0) is 15.5. The van der Waals surface area contributed by atoms with Crippen LogP contribution in [0, 0.1) is 5.82 Å². The van der Waals surface area contributed by atoms with Crippen molar-refractivity contribution in [3.8, 4) is 0 Å². The van der Waals surface area contributed by atoms with Crippen LogP contribution in [-0.4, -0.2) is 39.9 Å². The van der Waals surface area contributed by atoms with Crippen molar-refractivity contribution in [2.24, 2.45) is 0 Å². The molecule has 1 aromatic heterocycles. The summed E-state index contributed by atoms with van der Waals surface area (Å²) in [5.41, 5.74) is 0.841. The van der Waals surface area contributed by atoms with E-state index in [1.807, 2.05) is 11.0 Å². The first kappa shape index (κ1) is 15.1. The number of aliphatic hydroxyl groups is 1. The maximum atomic E-state index is 13.4. The Hall–Kier alpha value is -1.83. The van der Waals surface area contributed by atoms with E-state index in [2.05, 4.69) is 10.1 Å². The highest BCUT2D eigenvalue weighted by molar-refractivity contribution is 5.21. The number of hydrogen-bond acceptors (Lipinski definition) is 6. The summed E-state index contributed by atoms with van der Waals surface area (Å²) in [5, 5.41) is 13.8. The van der Waals surface area contributed by atoms with Gasteiger partial charge in [-0.05, 0) is 24.1 Å². The first-order valence-corrected chi connectivity index (χ1v) is 7.13. The molecule has 6 nitrogen and oxygen atoms in total. The molecule has 118 valence electrons. The minimum absolute atomic E-state index is 0.0662. The number of aliphatic hydroxyl groups excluding tert-OH is 1. The lowest BCUT2D eigenvalue weighted by Gasteiger charge is -2.22. The lowest BCUT2D eigenvalue weighted by molar-refractivity contribution is 0.164. The van der Waals surface area contributed by atoms with E-state index in [-0.39, 0.29) is 11.9 Å². The predicted molar refractivity (Wildman–Crippen MR) is 75.2 cm³/mol. The van der Waals surface area contributed by atoms with Gasteiger partial charge in [-0.15, -0.1) is 0 Å². The topological polar surface area (TPSA) is 71.6 Å². The van der Waals surface area contributed by atoms with E-state index in [1.54, 1.807) is 13.2 Å². The molecule has 0 unspecified atom stereocenters. The lowest BCUT2D eigenvalue weighted by Crippen LogP contribution is -2.24. The molecule has 1 N–H and O–H groups in total. The third-order valence-electron chi connectivity index (χ3n) is 3.74. The molecule has 0 amide bonds. The number of methoxy groups -OCH3 is 1. The van der Waals surface area contributed by atoms with Crippen molar-refractivity contribution in [2.45, 2.75) is 31.7 Å². The molecule has 1 saturated heterocycles. The molecule has 3 rings (SSSR count). The Bertz CT molecular complexity index is 634. The molecular weight excluding hydrogens is 289 g/mol. The number of halogens is 1. The van der Waals surface area contributed by atoms with Gasteiger partial charge in [0.2, 0.25) is 5.89 Å². The highest BCUT2D eigenvalue weighted by atomic mass is 19.1. The number of aromatic nitrogens is 2. The van der Waals surface area contributed by atoms with Gasteiger partial charge in [-0.3, -0.25) is 4.90 Å². The van der Waals surface area contributed by atoms with Gasteiger partial charge in [0.25, 0.3) is 0 Å². The van der Waals surface area contributed by atoms with Gasteiger partial charge in [-0.1, -0.05) is 17.3 Å². The van der Waals surface area contributed by atoms with Crippen LogP contribution >= 0.6 is 0 Å². The molecule has 0 aliphatic carbocycles. The fourth-order valence-corrected chi connectivity index (χ4v) is 2.83. The average Bonchev–Trinajstić information content (AvgIpc) is 3.06. The summed E-state index contributed by atoms with van der Waals surface area (Å²) in [6.45, 7) is 1.19. The zero-order valence-corrected chi connectivity index (χ0v) is 12.3. The van der Waals surface area contributed by atoms with Crippen molar-refractivity contribution >= 4 is 0 Å². The molecule has 1 aromatic carbocycles. The van der Waals surface area contributed by atoms with Gasteiger partial charge in [0.1, 0.15) is 12.4 Å². The van der Waals surface area contributed by atoms with E-state index >= 15 is 0 Å². The molecule has 1 aliphatic rings. The second kappa shape index (κ2) is 6.51. The molecule has 22 heavy (non-hydrogen) atoms. The summed E-state index contributed by atoms with van der Waals surface area (Å²) < 4.78 is 23.6. The minimum atomic E-state index is -0.449. The molecule has 1 fully saturated rings. The first-order valence-electron chi connectivity index (χ1n) is 7.13. The lowest BCUT2D eigenvalue weighted by atomic mass is 10.0. The summed E-state index contributed by atoms with van der Waals surface area (Å²) in [5.74, 6) is 0.668. The van der Waals surface area contributed by atoms with Crippen LogP contribution in [-0.2, 0) is 17.9 Å². The van der Waals surface area contributed by atoms with E-state index < -0.39 is 6.10 Å². The summed E-state index contributed by atoms with van der Waals surface area (Å²) in [7, 11) is 1.56. The number of ether oxygens (including phenoxy) is 1. The normalized spacial score (nSPS) is 22.3. The largest absolute Gasteiger partial charge is 0.392 e. The Kier molecular flexibility index (Phi) is 4.47. The number of hydrogen-bond donors (Lipinski definition) is 1. The second-order valence-corrected chi connectivity index (χ2v) is 5.43. The van der Waals surface area contributed by atoms with Gasteiger partial charge in [0.15, 0.2) is 5.82 Å². The number of rotatable bonds is 5. The average molecular weight is 307 g/mol. The molecular formula is C15H18FN3O3. The molecule has 0 spiro atoms. The number of benzene rings is 1. The standard InChI is InChI=1S/C15H18FN3O3/c1-21-9-14-17-15(22-18-14)8-19-7-12(20)6-13(19)10-3-2-4-11(16)5-10/h2-5,12-13,20H,6-9H2,1H3/t12-,13+/m0/s1. The highest BCUT2D eigenvalue weighted by Crippen LogP contribution is 2.33. The third kappa shape index (κ3) is 3.32. The fraction of sp³-hybridized carbons (Fsp3) is 0.467. The molecule has 7 heteroatoms. The monoisotopic (exact) mass is 307 g/mol. The third-order valence-corrected chi connectivity index (χ3v) is 3.74. The van der Waals surface area contributed by atoms with Crippen LogP contribution in [0.3, 0.4) is 0 Å². The van der Waals surface area contributed by atoms with Gasteiger partial charge in [0.05, 0.1) is 12.6 Å². The molecule has 0 saturated carbocycles. The van der Waals surface area contributed by atoms with Gasteiger partial charge < -0.3 is 14.4 Å². The summed E-state index contributed by atoms with van der Waals surface area (Å²) in [6, 6.07) is 6.39. The number of β-amino-alcohol motifs (C(OH)–C–C–N with tert-alkyl or cyclic N) is 1. The van der Waals surface area contributed by atoms with Crippen molar-refractivity contribution in [2.75, 3.05) is 13.7 Å². The quantitative estimate of drug-likeness (QED) is 0.906. The Balaban J connectivity index is 1.75. The van der Waals surface area contributed by atoms with Gasteiger partial charge in [-0.25, -0.2) is 4.39 Å². The van der Waals surface area contributed by atoms with E-state index in [4.69, 9.17) is 9.26 Å². The van der Waals surface area contributed by atoms with Gasteiger partial charge >= 0.3 is 0 Å². The Morgan fingerprint density at radius 3 is 3.14 bits per heavy atom. The Morgan fingerprint density at radius 2 is 2.36 bits per heavy atom. The molecule has 1 aliphatic heterocycles. The van der Waals surface area contributed by atoms with Gasteiger partial charge in [0, 0.05) is 19.7 Å². The molecule has 2 heterocycles. The molecule has 2 atom stereocenters. The van der Waals surface area contributed by atoms with E-state index in [0.29, 0.717) is 37.8 Å². The SMILES string of the molecule is COCc1noc(CN2C[C@@H](O)C[C@@H]2c2cccc(F)c2)n1. The van der Waals surface area contributed by atoms with Crippen LogP contribution < -0.4 is 0 Å². The number of likely N-dealkylation sites (tertiary alicyclic amines) is 1. The van der Waals surface area contributed by atoms with Crippen molar-refractivity contribution in [1.82, 2.24) is 15.0 Å². The maximum Gasteiger partial charge on any atom is 0.240 e. The Morgan fingerprint density at radius 1 is 1.50 bits per heavy atom. The predicted octanol–water partition coefficient (Wildman–Crippen LogP) is 1.66. The first-order chi connectivity index (χ1) is 10.7. The van der Waals surface area contributed by atoms with Crippen molar-refractivity contribution in [1.29, 1.82) is 0 Å². The molecule has 2 aromatic rings. The molecule has 0 radical (unpaired) electrons.